The number of nitrogens with one attached hydrogen (secondary N) is 1. The van der Waals surface area contributed by atoms with E-state index in [-0.39, 0.29) is 11.9 Å². The number of likely N-dealkylation sites (tertiary alicyclic amines) is 1. The summed E-state index contributed by atoms with van der Waals surface area (Å²) in [6, 6.07) is 11.2. The second kappa shape index (κ2) is 9.19. The smallest absolute Gasteiger partial charge is 0.237 e. The Hall–Kier alpha value is -1.39. The number of amides is 1. The van der Waals surface area contributed by atoms with Crippen LogP contribution in [0.5, 0.6) is 0 Å². The monoisotopic (exact) mass is 331 g/mol. The zero-order valence-corrected chi connectivity index (χ0v) is 15.7. The molecule has 1 aliphatic rings. The Labute approximate surface area is 147 Å². The van der Waals surface area contributed by atoms with Crippen LogP contribution >= 0.6 is 0 Å². The first-order valence-electron chi connectivity index (χ1n) is 9.29. The maximum absolute atomic E-state index is 12.7. The number of carbonyl (C=O) groups is 1. The lowest BCUT2D eigenvalue weighted by Crippen LogP contribution is -2.51. The minimum atomic E-state index is -0.0617. The van der Waals surface area contributed by atoms with E-state index in [9.17, 15) is 4.79 Å². The summed E-state index contributed by atoms with van der Waals surface area (Å²) in [5.74, 6) is 0.180. The Morgan fingerprint density at radius 2 is 1.88 bits per heavy atom. The Kier molecular flexibility index (Phi) is 7.25. The van der Waals surface area contributed by atoms with Crippen molar-refractivity contribution < 1.29 is 4.79 Å². The molecule has 4 heteroatoms. The molecule has 1 saturated heterocycles. The highest BCUT2D eigenvalue weighted by molar-refractivity contribution is 5.81. The van der Waals surface area contributed by atoms with Gasteiger partial charge in [-0.3, -0.25) is 9.69 Å². The summed E-state index contributed by atoms with van der Waals surface area (Å²) >= 11 is 0. The van der Waals surface area contributed by atoms with E-state index in [1.807, 2.05) is 25.2 Å². The molecule has 1 aliphatic heterocycles. The molecule has 1 amide bonds. The predicted molar refractivity (Wildman–Crippen MR) is 99.9 cm³/mol. The molecule has 0 aliphatic carbocycles. The van der Waals surface area contributed by atoms with Gasteiger partial charge in [0.15, 0.2) is 0 Å². The second-order valence-corrected chi connectivity index (χ2v) is 7.24. The highest BCUT2D eigenvalue weighted by Gasteiger charge is 2.26. The molecule has 1 aromatic carbocycles. The van der Waals surface area contributed by atoms with Gasteiger partial charge in [-0.1, -0.05) is 37.3 Å². The van der Waals surface area contributed by atoms with Crippen LogP contribution in [0.25, 0.3) is 0 Å². The summed E-state index contributed by atoms with van der Waals surface area (Å²) in [7, 11) is 2.04. The molecule has 1 aromatic rings. The molecule has 1 unspecified atom stereocenters. The van der Waals surface area contributed by atoms with E-state index in [4.69, 9.17) is 0 Å². The SMILES string of the molecule is CCC(C(=O)NC1CCN(C(C)C)CC1)N(C)Cc1ccccc1. The van der Waals surface area contributed by atoms with Crippen LogP contribution in [0.4, 0.5) is 0 Å². The zero-order chi connectivity index (χ0) is 17.5. The van der Waals surface area contributed by atoms with E-state index in [0.717, 1.165) is 38.9 Å². The topological polar surface area (TPSA) is 35.6 Å². The number of nitrogens with zero attached hydrogens (tertiary/aromatic N) is 2. The molecule has 1 fully saturated rings. The van der Waals surface area contributed by atoms with Crippen molar-refractivity contribution in [2.75, 3.05) is 20.1 Å². The molecule has 1 atom stereocenters. The van der Waals surface area contributed by atoms with E-state index < -0.39 is 0 Å². The standard InChI is InChI=1S/C20H33N3O/c1-5-19(22(4)15-17-9-7-6-8-10-17)20(24)21-18-11-13-23(14-12-18)16(2)3/h6-10,16,18-19H,5,11-15H2,1-4H3,(H,21,24). The number of benzene rings is 1. The normalized spacial score (nSPS) is 18.1. The fourth-order valence-corrected chi connectivity index (χ4v) is 3.54. The van der Waals surface area contributed by atoms with Crippen LogP contribution in [0, 0.1) is 0 Å². The van der Waals surface area contributed by atoms with Gasteiger partial charge in [-0.2, -0.15) is 0 Å². The molecule has 0 radical (unpaired) electrons. The number of carbonyl (C=O) groups excluding carboxylic acids is 1. The first kappa shape index (κ1) is 18.9. The number of hydrogen-bond donors (Lipinski definition) is 1. The molecule has 24 heavy (non-hydrogen) atoms. The molecular weight excluding hydrogens is 298 g/mol. The summed E-state index contributed by atoms with van der Waals surface area (Å²) in [5, 5.41) is 3.29. The van der Waals surface area contributed by atoms with E-state index >= 15 is 0 Å². The molecule has 0 bridgehead atoms. The highest BCUT2D eigenvalue weighted by Crippen LogP contribution is 2.14. The van der Waals surface area contributed by atoms with Gasteiger partial charge in [-0.15, -0.1) is 0 Å². The second-order valence-electron chi connectivity index (χ2n) is 7.24. The van der Waals surface area contributed by atoms with E-state index in [1.165, 1.54) is 5.56 Å². The van der Waals surface area contributed by atoms with Gasteiger partial charge < -0.3 is 10.2 Å². The van der Waals surface area contributed by atoms with Crippen LogP contribution in [-0.4, -0.2) is 54.0 Å². The first-order chi connectivity index (χ1) is 11.5. The Balaban J connectivity index is 1.85. The van der Waals surface area contributed by atoms with E-state index in [0.29, 0.717) is 12.1 Å². The van der Waals surface area contributed by atoms with E-state index in [1.54, 1.807) is 0 Å². The van der Waals surface area contributed by atoms with Crippen molar-refractivity contribution in [3.05, 3.63) is 35.9 Å². The molecule has 4 nitrogen and oxygen atoms in total. The van der Waals surface area contributed by atoms with Crippen molar-refractivity contribution in [3.8, 4) is 0 Å². The van der Waals surface area contributed by atoms with E-state index in [2.05, 4.69) is 48.0 Å². The van der Waals surface area contributed by atoms with Gasteiger partial charge in [0.05, 0.1) is 6.04 Å². The van der Waals surface area contributed by atoms with Gasteiger partial charge in [-0.05, 0) is 45.7 Å². The van der Waals surface area contributed by atoms with Crippen molar-refractivity contribution in [1.82, 2.24) is 15.1 Å². The number of piperidine rings is 1. The molecular formula is C20H33N3O. The number of hydrogen-bond acceptors (Lipinski definition) is 3. The summed E-state index contributed by atoms with van der Waals surface area (Å²) in [4.78, 5) is 17.4. The molecule has 0 aromatic heterocycles. The van der Waals surface area contributed by atoms with Gasteiger partial charge in [0.2, 0.25) is 5.91 Å². The lowest BCUT2D eigenvalue weighted by atomic mass is 10.0. The van der Waals surface area contributed by atoms with Gasteiger partial charge in [0, 0.05) is 31.7 Å². The van der Waals surface area contributed by atoms with Crippen molar-refractivity contribution in [2.45, 2.75) is 64.7 Å². The number of likely N-dealkylation sites (N-methyl/N-ethyl adjacent to an activating group) is 1. The third-order valence-electron chi connectivity index (χ3n) is 5.10. The average Bonchev–Trinajstić information content (AvgIpc) is 2.57. The minimum Gasteiger partial charge on any atom is -0.352 e. The Morgan fingerprint density at radius 3 is 2.42 bits per heavy atom. The van der Waals surface area contributed by atoms with Crippen molar-refractivity contribution in [3.63, 3.8) is 0 Å². The van der Waals surface area contributed by atoms with Gasteiger partial charge >= 0.3 is 0 Å². The quantitative estimate of drug-likeness (QED) is 0.834. The Bertz CT molecular complexity index is 495. The van der Waals surface area contributed by atoms with Crippen molar-refractivity contribution >= 4 is 5.91 Å². The lowest BCUT2D eigenvalue weighted by molar-refractivity contribution is -0.127. The fourth-order valence-electron chi connectivity index (χ4n) is 3.54. The van der Waals surface area contributed by atoms with Gasteiger partial charge in [0.1, 0.15) is 0 Å². The van der Waals surface area contributed by atoms with Crippen molar-refractivity contribution in [2.24, 2.45) is 0 Å². The van der Waals surface area contributed by atoms with Crippen LogP contribution < -0.4 is 5.32 Å². The summed E-state index contributed by atoms with van der Waals surface area (Å²) in [5.41, 5.74) is 1.25. The molecule has 0 saturated carbocycles. The number of rotatable bonds is 7. The van der Waals surface area contributed by atoms with Crippen LogP contribution in [0.15, 0.2) is 30.3 Å². The maximum Gasteiger partial charge on any atom is 0.237 e. The fraction of sp³-hybridized carbons (Fsp3) is 0.650. The lowest BCUT2D eigenvalue weighted by Gasteiger charge is -2.36. The van der Waals surface area contributed by atoms with Crippen LogP contribution in [0.3, 0.4) is 0 Å². The summed E-state index contributed by atoms with van der Waals surface area (Å²) in [6.45, 7) is 9.54. The molecule has 134 valence electrons. The molecule has 1 N–H and O–H groups in total. The largest absolute Gasteiger partial charge is 0.352 e. The zero-order valence-electron chi connectivity index (χ0n) is 15.7. The maximum atomic E-state index is 12.7. The van der Waals surface area contributed by atoms with Crippen LogP contribution in [-0.2, 0) is 11.3 Å². The van der Waals surface area contributed by atoms with Gasteiger partial charge in [0.25, 0.3) is 0 Å². The average molecular weight is 332 g/mol. The summed E-state index contributed by atoms with van der Waals surface area (Å²) in [6.07, 6.45) is 2.95. The van der Waals surface area contributed by atoms with Crippen molar-refractivity contribution in [1.29, 1.82) is 0 Å². The highest BCUT2D eigenvalue weighted by atomic mass is 16.2. The van der Waals surface area contributed by atoms with Crippen LogP contribution in [0.1, 0.15) is 45.6 Å². The Morgan fingerprint density at radius 1 is 1.25 bits per heavy atom. The molecule has 2 rings (SSSR count). The molecule has 1 heterocycles. The third-order valence-corrected chi connectivity index (χ3v) is 5.10. The summed E-state index contributed by atoms with van der Waals surface area (Å²) < 4.78 is 0. The first-order valence-corrected chi connectivity index (χ1v) is 9.29. The minimum absolute atomic E-state index is 0.0617. The van der Waals surface area contributed by atoms with Crippen LogP contribution in [0.2, 0.25) is 0 Å². The van der Waals surface area contributed by atoms with Gasteiger partial charge in [-0.25, -0.2) is 0 Å². The predicted octanol–water partition coefficient (Wildman–Crippen LogP) is 2.89. The third kappa shape index (κ3) is 5.32. The molecule has 0 spiro atoms.